The zero-order chi connectivity index (χ0) is 15.0. The number of fused-ring (bicyclic) bond motifs is 1. The van der Waals surface area contributed by atoms with Crippen LogP contribution in [-0.4, -0.2) is 22.8 Å². The molecule has 0 N–H and O–H groups in total. The van der Waals surface area contributed by atoms with Crippen molar-refractivity contribution in [2.24, 2.45) is 0 Å². The van der Waals surface area contributed by atoms with Crippen molar-refractivity contribution in [1.82, 2.24) is 10.1 Å². The highest BCUT2D eigenvalue weighted by molar-refractivity contribution is 9.10. The fraction of sp³-hybridized carbons (Fsp3) is 0.467. The summed E-state index contributed by atoms with van der Waals surface area (Å²) < 4.78 is 12.2. The molecule has 1 aromatic carbocycles. The smallest absolute Gasteiger partial charge is 0.226 e. The van der Waals surface area contributed by atoms with Gasteiger partial charge in [-0.15, -0.1) is 0 Å². The maximum atomic E-state index is 5.94. The Kier molecular flexibility index (Phi) is 3.89. The first-order valence-corrected chi connectivity index (χ1v) is 7.89. The maximum Gasteiger partial charge on any atom is 0.226 e. The van der Waals surface area contributed by atoms with Gasteiger partial charge in [0.25, 0.3) is 0 Å². The molecule has 0 bridgehead atoms. The van der Waals surface area contributed by atoms with E-state index in [4.69, 9.17) is 9.26 Å². The predicted octanol–water partition coefficient (Wildman–Crippen LogP) is 3.49. The molecule has 0 saturated heterocycles. The molecule has 1 atom stereocenters. The van der Waals surface area contributed by atoms with Crippen LogP contribution in [0.4, 0.5) is 5.69 Å². The maximum absolute atomic E-state index is 5.94. The molecule has 5 nitrogen and oxygen atoms in total. The Morgan fingerprint density at radius 3 is 2.95 bits per heavy atom. The Balaban J connectivity index is 1.91. The van der Waals surface area contributed by atoms with Gasteiger partial charge in [-0.05, 0) is 31.5 Å². The van der Waals surface area contributed by atoms with Crippen LogP contribution >= 0.6 is 15.9 Å². The average Bonchev–Trinajstić information content (AvgIpc) is 2.88. The number of halogens is 1. The number of anilines is 1. The molecule has 0 aliphatic carbocycles. The summed E-state index contributed by atoms with van der Waals surface area (Å²) in [6, 6.07) is 4.16. The van der Waals surface area contributed by atoms with Crippen molar-refractivity contribution in [3.8, 4) is 5.75 Å². The van der Waals surface area contributed by atoms with Crippen LogP contribution in [-0.2, 0) is 13.0 Å². The lowest BCUT2D eigenvalue weighted by Gasteiger charge is -2.34. The van der Waals surface area contributed by atoms with E-state index in [1.54, 1.807) is 0 Å². The minimum atomic E-state index is 0.135. The molecular formula is C15H18BrN3O2. The first-order chi connectivity index (χ1) is 10.1. The third-order valence-corrected chi connectivity index (χ3v) is 4.39. The predicted molar refractivity (Wildman–Crippen MR) is 83.7 cm³/mol. The molecular weight excluding hydrogens is 334 g/mol. The first kappa shape index (κ1) is 14.4. The van der Waals surface area contributed by atoms with Gasteiger partial charge < -0.3 is 14.2 Å². The lowest BCUT2D eigenvalue weighted by atomic mass is 10.1. The van der Waals surface area contributed by atoms with Crippen molar-refractivity contribution in [2.75, 3.05) is 11.4 Å². The molecule has 3 rings (SSSR count). The topological polar surface area (TPSA) is 51.4 Å². The van der Waals surface area contributed by atoms with Crippen LogP contribution in [0, 0.1) is 6.92 Å². The van der Waals surface area contributed by atoms with Crippen molar-refractivity contribution in [3.05, 3.63) is 33.9 Å². The standard InChI is InChI=1S/C15H18BrN3O2/c1-4-15-17-14(18-21-15)8-19-7-10(3)20-13-5-9(2)11(16)6-12(13)19/h5-6,10H,4,7-8H2,1-3H3/t10-/m1/s1. The van der Waals surface area contributed by atoms with Crippen LogP contribution in [0.25, 0.3) is 0 Å². The molecule has 2 aromatic rings. The molecule has 1 aliphatic heterocycles. The fourth-order valence-corrected chi connectivity index (χ4v) is 2.80. The SMILES string of the molecule is CCc1nc(CN2C[C@@H](C)Oc3cc(C)c(Br)cc32)no1. The number of ether oxygens (including phenoxy) is 1. The second-order valence-corrected chi connectivity index (χ2v) is 6.19. The lowest BCUT2D eigenvalue weighted by molar-refractivity contribution is 0.211. The van der Waals surface area contributed by atoms with Gasteiger partial charge in [-0.3, -0.25) is 0 Å². The van der Waals surface area contributed by atoms with Gasteiger partial charge in [0, 0.05) is 10.9 Å². The van der Waals surface area contributed by atoms with Crippen molar-refractivity contribution in [3.63, 3.8) is 0 Å². The zero-order valence-electron chi connectivity index (χ0n) is 12.4. The van der Waals surface area contributed by atoms with E-state index in [0.717, 1.165) is 34.4 Å². The van der Waals surface area contributed by atoms with Crippen molar-refractivity contribution >= 4 is 21.6 Å². The normalized spacial score (nSPS) is 17.5. The van der Waals surface area contributed by atoms with E-state index in [2.05, 4.69) is 57.0 Å². The van der Waals surface area contributed by atoms with Crippen molar-refractivity contribution in [2.45, 2.75) is 39.8 Å². The van der Waals surface area contributed by atoms with E-state index in [9.17, 15) is 0 Å². The quantitative estimate of drug-likeness (QED) is 0.846. The number of hydrogen-bond donors (Lipinski definition) is 0. The van der Waals surface area contributed by atoms with Gasteiger partial charge in [-0.2, -0.15) is 4.98 Å². The highest BCUT2D eigenvalue weighted by atomic mass is 79.9. The highest BCUT2D eigenvalue weighted by Gasteiger charge is 2.25. The number of hydrogen-bond acceptors (Lipinski definition) is 5. The summed E-state index contributed by atoms with van der Waals surface area (Å²) in [7, 11) is 0. The molecule has 0 saturated carbocycles. The van der Waals surface area contributed by atoms with Crippen LogP contribution in [0.2, 0.25) is 0 Å². The summed E-state index contributed by atoms with van der Waals surface area (Å²) >= 11 is 3.59. The summed E-state index contributed by atoms with van der Waals surface area (Å²) in [5.74, 6) is 2.30. The average molecular weight is 352 g/mol. The van der Waals surface area contributed by atoms with Crippen molar-refractivity contribution in [1.29, 1.82) is 0 Å². The Morgan fingerprint density at radius 1 is 1.43 bits per heavy atom. The molecule has 21 heavy (non-hydrogen) atoms. The molecule has 2 heterocycles. The third kappa shape index (κ3) is 2.90. The molecule has 0 unspecified atom stereocenters. The summed E-state index contributed by atoms with van der Waals surface area (Å²) in [4.78, 5) is 6.62. The Bertz CT molecular complexity index is 656. The summed E-state index contributed by atoms with van der Waals surface area (Å²) in [6.07, 6.45) is 0.893. The molecule has 1 aliphatic rings. The monoisotopic (exact) mass is 351 g/mol. The lowest BCUT2D eigenvalue weighted by Crippen LogP contribution is -2.38. The van der Waals surface area contributed by atoms with Crippen LogP contribution in [0.5, 0.6) is 5.75 Å². The second-order valence-electron chi connectivity index (χ2n) is 5.34. The van der Waals surface area contributed by atoms with Gasteiger partial charge in [0.1, 0.15) is 11.9 Å². The van der Waals surface area contributed by atoms with Gasteiger partial charge in [-0.25, -0.2) is 0 Å². The minimum absolute atomic E-state index is 0.135. The Labute approximate surface area is 132 Å². The molecule has 0 radical (unpaired) electrons. The first-order valence-electron chi connectivity index (χ1n) is 7.10. The van der Waals surface area contributed by atoms with E-state index in [-0.39, 0.29) is 6.10 Å². The second kappa shape index (κ2) is 5.67. The van der Waals surface area contributed by atoms with E-state index in [0.29, 0.717) is 18.3 Å². The molecule has 6 heteroatoms. The zero-order valence-corrected chi connectivity index (χ0v) is 14.0. The van der Waals surface area contributed by atoms with Crippen LogP contribution in [0.15, 0.2) is 21.1 Å². The summed E-state index contributed by atoms with van der Waals surface area (Å²) in [5, 5.41) is 4.04. The highest BCUT2D eigenvalue weighted by Crippen LogP contribution is 2.38. The summed E-state index contributed by atoms with van der Waals surface area (Å²) in [6.45, 7) is 7.56. The van der Waals surface area contributed by atoms with Crippen LogP contribution < -0.4 is 9.64 Å². The fourth-order valence-electron chi connectivity index (χ4n) is 2.47. The number of aryl methyl sites for hydroxylation is 2. The van der Waals surface area contributed by atoms with Gasteiger partial charge in [0.05, 0.1) is 18.8 Å². The van der Waals surface area contributed by atoms with Crippen LogP contribution in [0.1, 0.15) is 31.1 Å². The molecule has 0 fully saturated rings. The van der Waals surface area contributed by atoms with E-state index in [1.165, 1.54) is 0 Å². The Morgan fingerprint density at radius 2 is 2.24 bits per heavy atom. The van der Waals surface area contributed by atoms with E-state index in [1.807, 2.05) is 6.92 Å². The van der Waals surface area contributed by atoms with Gasteiger partial charge in [-0.1, -0.05) is 28.0 Å². The van der Waals surface area contributed by atoms with Crippen LogP contribution in [0.3, 0.4) is 0 Å². The van der Waals surface area contributed by atoms with E-state index < -0.39 is 0 Å². The van der Waals surface area contributed by atoms with Crippen molar-refractivity contribution < 1.29 is 9.26 Å². The van der Waals surface area contributed by atoms with Gasteiger partial charge in [0.15, 0.2) is 5.82 Å². The number of benzene rings is 1. The minimum Gasteiger partial charge on any atom is -0.487 e. The number of nitrogens with zero attached hydrogens (tertiary/aromatic N) is 3. The molecule has 112 valence electrons. The molecule has 0 amide bonds. The van der Waals surface area contributed by atoms with Gasteiger partial charge in [0.2, 0.25) is 5.89 Å². The third-order valence-electron chi connectivity index (χ3n) is 3.53. The van der Waals surface area contributed by atoms with E-state index >= 15 is 0 Å². The molecule has 1 aromatic heterocycles. The number of rotatable bonds is 3. The summed E-state index contributed by atoms with van der Waals surface area (Å²) in [5.41, 5.74) is 2.23. The Hall–Kier alpha value is -1.56. The largest absolute Gasteiger partial charge is 0.487 e. The number of aromatic nitrogens is 2. The van der Waals surface area contributed by atoms with Gasteiger partial charge >= 0.3 is 0 Å². The molecule has 0 spiro atoms.